The number of aromatic nitrogens is 3. The minimum atomic E-state index is -0.244. The summed E-state index contributed by atoms with van der Waals surface area (Å²) in [7, 11) is 4.00. The number of anilines is 2. The topological polar surface area (TPSA) is 95.2 Å². The number of ether oxygens (including phenoxy) is 1. The lowest BCUT2D eigenvalue weighted by atomic mass is 9.87. The number of aromatic amines is 1. The maximum Gasteiger partial charge on any atom is 0.259 e. The number of amides is 1. The van der Waals surface area contributed by atoms with Gasteiger partial charge in [-0.1, -0.05) is 32.9 Å². The van der Waals surface area contributed by atoms with E-state index in [1.165, 1.54) is 0 Å². The monoisotopic (exact) mass is 474 g/mol. The molecule has 0 bridgehead atoms. The molecule has 0 spiro atoms. The van der Waals surface area contributed by atoms with E-state index in [0.29, 0.717) is 29.4 Å². The molecule has 4 rings (SSSR count). The van der Waals surface area contributed by atoms with Crippen molar-refractivity contribution in [2.45, 2.75) is 38.6 Å². The predicted molar refractivity (Wildman–Crippen MR) is 140 cm³/mol. The Kier molecular flexibility index (Phi) is 7.21. The largest absolute Gasteiger partial charge is 0.490 e. The van der Waals surface area contributed by atoms with Crippen LogP contribution in [0.1, 0.15) is 43.1 Å². The van der Waals surface area contributed by atoms with Crippen LogP contribution < -0.4 is 25.9 Å². The van der Waals surface area contributed by atoms with E-state index >= 15 is 0 Å². The number of rotatable bonds is 8. The standard InChI is InChI=1S/C27H34N6O2/c1-27(2,3)19-9-11-24(35-14-13-33(4)5)23(15-19)31-26(34)21-7-6-12-28-25(21)30-20-10-8-18-17-29-32-22(18)16-20/h6-9,11-12,15-17,20,32H,10,13-14H2,1-5H3,(H,28,30)(H,31,34). The molecule has 184 valence electrons. The van der Waals surface area contributed by atoms with E-state index in [0.717, 1.165) is 29.1 Å². The molecule has 35 heavy (non-hydrogen) atoms. The molecule has 0 saturated carbocycles. The van der Waals surface area contributed by atoms with Crippen molar-refractivity contribution in [1.29, 1.82) is 0 Å². The number of H-pyrrole nitrogens is 1. The number of pyridine rings is 1. The van der Waals surface area contributed by atoms with Gasteiger partial charge in [-0.15, -0.1) is 0 Å². The van der Waals surface area contributed by atoms with Gasteiger partial charge in [0.25, 0.3) is 5.91 Å². The third kappa shape index (κ3) is 6.08. The molecule has 0 aliphatic heterocycles. The average molecular weight is 475 g/mol. The highest BCUT2D eigenvalue weighted by Crippen LogP contribution is 2.32. The molecule has 1 atom stereocenters. The van der Waals surface area contributed by atoms with Crippen LogP contribution in [0.3, 0.4) is 0 Å². The summed E-state index contributed by atoms with van der Waals surface area (Å²) < 4.78 is 6.02. The third-order valence-electron chi connectivity index (χ3n) is 5.92. The second-order valence-corrected chi connectivity index (χ2v) is 10.1. The molecule has 3 N–H and O–H groups in total. The van der Waals surface area contributed by atoms with Crippen molar-refractivity contribution in [1.82, 2.24) is 20.1 Å². The number of fused-ring (bicyclic) bond motifs is 1. The number of carbonyl (C=O) groups is 1. The highest BCUT2D eigenvalue weighted by atomic mass is 16.5. The lowest BCUT2D eigenvalue weighted by molar-refractivity contribution is 0.102. The summed E-state index contributed by atoms with van der Waals surface area (Å²) in [6, 6.07) is 9.53. The Balaban J connectivity index is 1.57. The lowest BCUT2D eigenvalue weighted by Crippen LogP contribution is -2.33. The van der Waals surface area contributed by atoms with Gasteiger partial charge in [0.05, 0.1) is 28.8 Å². The molecule has 1 aromatic carbocycles. The maximum atomic E-state index is 13.4. The van der Waals surface area contributed by atoms with E-state index in [4.69, 9.17) is 4.74 Å². The van der Waals surface area contributed by atoms with Crippen molar-refractivity contribution in [2.75, 3.05) is 37.9 Å². The van der Waals surface area contributed by atoms with Crippen LogP contribution in [0.15, 0.2) is 42.7 Å². The zero-order chi connectivity index (χ0) is 25.0. The quantitative estimate of drug-likeness (QED) is 0.465. The van der Waals surface area contributed by atoms with Gasteiger partial charge in [0.15, 0.2) is 0 Å². The third-order valence-corrected chi connectivity index (χ3v) is 5.92. The molecule has 1 aliphatic carbocycles. The summed E-state index contributed by atoms with van der Waals surface area (Å²) in [5.74, 6) is 0.935. The SMILES string of the molecule is CN(C)CCOc1ccc(C(C)(C)C)cc1NC(=O)c1cccnc1NC1C=c2[nH]ncc2=CC1. The van der Waals surface area contributed by atoms with Crippen LogP contribution in [0.2, 0.25) is 0 Å². The second kappa shape index (κ2) is 10.3. The summed E-state index contributed by atoms with van der Waals surface area (Å²) in [6.07, 6.45) is 8.47. The first-order valence-corrected chi connectivity index (χ1v) is 11.9. The van der Waals surface area contributed by atoms with Crippen LogP contribution in [0.5, 0.6) is 5.75 Å². The minimum Gasteiger partial charge on any atom is -0.490 e. The fraction of sp³-hybridized carbons (Fsp3) is 0.370. The van der Waals surface area contributed by atoms with Gasteiger partial charge in [0.1, 0.15) is 18.2 Å². The van der Waals surface area contributed by atoms with Crippen molar-refractivity contribution < 1.29 is 9.53 Å². The highest BCUT2D eigenvalue weighted by molar-refractivity contribution is 6.08. The number of benzene rings is 1. The van der Waals surface area contributed by atoms with Crippen molar-refractivity contribution >= 4 is 29.6 Å². The van der Waals surface area contributed by atoms with Crippen molar-refractivity contribution in [2.24, 2.45) is 0 Å². The molecule has 2 aromatic heterocycles. The normalized spacial score (nSPS) is 15.1. The van der Waals surface area contributed by atoms with Gasteiger partial charge < -0.3 is 20.3 Å². The van der Waals surface area contributed by atoms with Gasteiger partial charge in [-0.3, -0.25) is 9.89 Å². The molecule has 8 heteroatoms. The maximum absolute atomic E-state index is 13.4. The molecule has 0 saturated heterocycles. The number of carbonyl (C=O) groups excluding carboxylic acids is 1. The molecule has 3 aromatic rings. The number of hydrogen-bond acceptors (Lipinski definition) is 6. The average Bonchev–Trinajstić information content (AvgIpc) is 3.27. The minimum absolute atomic E-state index is 0.00135. The Morgan fingerprint density at radius 2 is 2.09 bits per heavy atom. The van der Waals surface area contributed by atoms with Crippen LogP contribution in [0, 0.1) is 0 Å². The van der Waals surface area contributed by atoms with Gasteiger partial charge >= 0.3 is 0 Å². The summed E-state index contributed by atoms with van der Waals surface area (Å²) >= 11 is 0. The first kappa shape index (κ1) is 24.5. The van der Waals surface area contributed by atoms with E-state index < -0.39 is 0 Å². The van der Waals surface area contributed by atoms with E-state index in [9.17, 15) is 4.79 Å². The predicted octanol–water partition coefficient (Wildman–Crippen LogP) is 2.74. The number of hydrogen-bond donors (Lipinski definition) is 3. The van der Waals surface area contributed by atoms with Crippen LogP contribution in [0.4, 0.5) is 11.5 Å². The smallest absolute Gasteiger partial charge is 0.259 e. The molecule has 2 heterocycles. The first-order valence-electron chi connectivity index (χ1n) is 11.9. The second-order valence-electron chi connectivity index (χ2n) is 10.1. The molecular weight excluding hydrogens is 440 g/mol. The van der Waals surface area contributed by atoms with Gasteiger partial charge in [-0.05, 0) is 61.8 Å². The van der Waals surface area contributed by atoms with Crippen LogP contribution in [0.25, 0.3) is 12.2 Å². The molecule has 1 amide bonds. The Bertz CT molecular complexity index is 1310. The van der Waals surface area contributed by atoms with Gasteiger partial charge in [0.2, 0.25) is 0 Å². The van der Waals surface area contributed by atoms with E-state index in [1.54, 1.807) is 18.3 Å². The Morgan fingerprint density at radius 3 is 2.86 bits per heavy atom. The van der Waals surface area contributed by atoms with Crippen LogP contribution in [-0.4, -0.2) is 59.3 Å². The van der Waals surface area contributed by atoms with Gasteiger partial charge in [0, 0.05) is 18.0 Å². The lowest BCUT2D eigenvalue weighted by Gasteiger charge is -2.22. The molecule has 0 fully saturated rings. The van der Waals surface area contributed by atoms with E-state index in [1.807, 2.05) is 32.4 Å². The first-order chi connectivity index (χ1) is 16.7. The zero-order valence-electron chi connectivity index (χ0n) is 21.1. The number of nitrogens with one attached hydrogen (secondary N) is 3. The molecule has 8 nitrogen and oxygen atoms in total. The molecule has 0 radical (unpaired) electrons. The number of nitrogens with zero attached hydrogens (tertiary/aromatic N) is 3. The van der Waals surface area contributed by atoms with Crippen molar-refractivity contribution in [3.8, 4) is 5.75 Å². The number of likely N-dealkylation sites (N-methyl/N-ethyl adjacent to an activating group) is 1. The van der Waals surface area contributed by atoms with E-state index in [-0.39, 0.29) is 17.4 Å². The van der Waals surface area contributed by atoms with Crippen LogP contribution >= 0.6 is 0 Å². The Morgan fingerprint density at radius 1 is 1.26 bits per heavy atom. The molecule has 1 unspecified atom stereocenters. The fourth-order valence-electron chi connectivity index (χ4n) is 3.85. The van der Waals surface area contributed by atoms with Gasteiger partial charge in [-0.25, -0.2) is 4.98 Å². The summed E-state index contributed by atoms with van der Waals surface area (Å²) in [4.78, 5) is 20.0. The van der Waals surface area contributed by atoms with Crippen molar-refractivity contribution in [3.05, 3.63) is 64.4 Å². The molecular formula is C27H34N6O2. The Labute approximate surface area is 206 Å². The summed E-state index contributed by atoms with van der Waals surface area (Å²) in [5, 5.41) is 15.6. The highest BCUT2D eigenvalue weighted by Gasteiger charge is 2.20. The molecule has 1 aliphatic rings. The van der Waals surface area contributed by atoms with Crippen LogP contribution in [-0.2, 0) is 5.41 Å². The Hall–Kier alpha value is -3.65. The van der Waals surface area contributed by atoms with Gasteiger partial charge in [-0.2, -0.15) is 5.10 Å². The van der Waals surface area contributed by atoms with E-state index in [2.05, 4.69) is 69.7 Å². The van der Waals surface area contributed by atoms with Crippen molar-refractivity contribution in [3.63, 3.8) is 0 Å². The fourth-order valence-corrected chi connectivity index (χ4v) is 3.85. The zero-order valence-corrected chi connectivity index (χ0v) is 21.1. The summed E-state index contributed by atoms with van der Waals surface area (Å²) in [5.41, 5.74) is 2.16. The summed E-state index contributed by atoms with van der Waals surface area (Å²) in [6.45, 7) is 7.73.